The summed E-state index contributed by atoms with van der Waals surface area (Å²) >= 11 is 0. The van der Waals surface area contributed by atoms with E-state index in [1.807, 2.05) is 6.07 Å². The maximum absolute atomic E-state index is 9.70. The van der Waals surface area contributed by atoms with Gasteiger partial charge in [-0.25, -0.2) is 9.97 Å². The quantitative estimate of drug-likeness (QED) is 0.774. The van der Waals surface area contributed by atoms with Gasteiger partial charge in [-0.05, 0) is 38.2 Å². The number of nitrogens with zero attached hydrogens (tertiary/aromatic N) is 4. The molecule has 3 heterocycles. The zero-order valence-electron chi connectivity index (χ0n) is 15.1. The lowest BCUT2D eigenvalue weighted by molar-refractivity contribution is 0.647. The number of benzene rings is 1. The van der Waals surface area contributed by atoms with Crippen LogP contribution in [0.1, 0.15) is 43.0 Å². The van der Waals surface area contributed by atoms with Crippen LogP contribution in [-0.4, -0.2) is 20.6 Å². The fraction of sp³-hybridized carbons (Fsp3) is 0.381. The molecular weight excluding hydrogens is 322 g/mol. The second-order valence-corrected chi connectivity index (χ2v) is 7.05. The van der Waals surface area contributed by atoms with E-state index in [1.165, 1.54) is 12.0 Å². The molecule has 0 aliphatic carbocycles. The summed E-state index contributed by atoms with van der Waals surface area (Å²) in [4.78, 5) is 8.97. The van der Waals surface area contributed by atoms with Gasteiger partial charge in [0.1, 0.15) is 23.4 Å². The molecule has 1 aliphatic heterocycles. The number of aromatic nitrogens is 3. The number of fused-ring (bicyclic) bond motifs is 3. The van der Waals surface area contributed by atoms with Crippen LogP contribution in [0.3, 0.4) is 0 Å². The van der Waals surface area contributed by atoms with Crippen molar-refractivity contribution in [2.45, 2.75) is 51.6 Å². The first-order valence-corrected chi connectivity index (χ1v) is 9.34. The molecule has 5 heteroatoms. The Kier molecular flexibility index (Phi) is 4.57. The Morgan fingerprint density at radius 1 is 1.19 bits per heavy atom. The number of hydrogen-bond donors (Lipinski definition) is 1. The van der Waals surface area contributed by atoms with Gasteiger partial charge in [-0.3, -0.25) is 0 Å². The molecule has 4 rings (SSSR count). The van der Waals surface area contributed by atoms with Gasteiger partial charge in [-0.1, -0.05) is 36.8 Å². The number of nitrogens with one attached hydrogen (secondary N) is 1. The van der Waals surface area contributed by atoms with Gasteiger partial charge in [-0.2, -0.15) is 5.26 Å². The number of rotatable bonds is 4. The molecular formula is C21H23N5. The summed E-state index contributed by atoms with van der Waals surface area (Å²) in [6, 6.07) is 13.1. The Balaban J connectivity index is 1.71. The lowest BCUT2D eigenvalue weighted by Gasteiger charge is -2.16. The van der Waals surface area contributed by atoms with Crippen LogP contribution in [0.4, 0.5) is 5.82 Å². The molecule has 5 nitrogen and oxygen atoms in total. The topological polar surface area (TPSA) is 66.5 Å². The van der Waals surface area contributed by atoms with E-state index in [0.717, 1.165) is 60.3 Å². The minimum absolute atomic E-state index is 0.234. The largest absolute Gasteiger partial charge is 0.365 e. The molecule has 0 fully saturated rings. The van der Waals surface area contributed by atoms with Crippen LogP contribution in [0.5, 0.6) is 0 Å². The standard InChI is InChI=1S/C21H23N5/c1-15(12-16-8-4-2-5-9-16)25-21-20-19(23-14-24-21)17(13-22)18-10-6-3-7-11-26(18)20/h2,4-5,8-9,14-15H,3,6-7,10-12H2,1H3,(H,23,24,25)/t15-/m1/s1. The molecule has 1 aliphatic rings. The Bertz CT molecular complexity index is 952. The molecule has 0 saturated heterocycles. The molecule has 1 aromatic carbocycles. The van der Waals surface area contributed by atoms with E-state index in [9.17, 15) is 5.26 Å². The highest BCUT2D eigenvalue weighted by Gasteiger charge is 2.23. The van der Waals surface area contributed by atoms with Gasteiger partial charge in [0.15, 0.2) is 5.82 Å². The minimum atomic E-state index is 0.234. The fourth-order valence-electron chi connectivity index (χ4n) is 3.95. The van der Waals surface area contributed by atoms with E-state index in [2.05, 4.69) is 57.1 Å². The van der Waals surface area contributed by atoms with E-state index in [1.54, 1.807) is 6.33 Å². The van der Waals surface area contributed by atoms with E-state index >= 15 is 0 Å². The van der Waals surface area contributed by atoms with E-state index in [-0.39, 0.29) is 6.04 Å². The van der Waals surface area contributed by atoms with Crippen LogP contribution in [0, 0.1) is 11.3 Å². The Hall–Kier alpha value is -2.87. The zero-order valence-corrected chi connectivity index (χ0v) is 15.1. The minimum Gasteiger partial charge on any atom is -0.365 e. The van der Waals surface area contributed by atoms with Crippen molar-refractivity contribution < 1.29 is 0 Å². The molecule has 0 amide bonds. The van der Waals surface area contributed by atoms with Crippen molar-refractivity contribution in [3.63, 3.8) is 0 Å². The molecule has 0 bridgehead atoms. The van der Waals surface area contributed by atoms with Crippen molar-refractivity contribution in [3.8, 4) is 6.07 Å². The fourth-order valence-corrected chi connectivity index (χ4v) is 3.95. The molecule has 0 spiro atoms. The summed E-state index contributed by atoms with van der Waals surface area (Å²) in [6.45, 7) is 3.10. The first-order chi connectivity index (χ1) is 12.8. The highest BCUT2D eigenvalue weighted by Crippen LogP contribution is 2.32. The average molecular weight is 345 g/mol. The van der Waals surface area contributed by atoms with Crippen molar-refractivity contribution in [2.75, 3.05) is 5.32 Å². The third kappa shape index (κ3) is 3.03. The number of hydrogen-bond acceptors (Lipinski definition) is 4. The van der Waals surface area contributed by atoms with Crippen molar-refractivity contribution in [1.29, 1.82) is 5.26 Å². The van der Waals surface area contributed by atoms with Crippen LogP contribution in [-0.2, 0) is 19.4 Å². The molecule has 1 atom stereocenters. The van der Waals surface area contributed by atoms with E-state index < -0.39 is 0 Å². The predicted molar refractivity (Wildman–Crippen MR) is 103 cm³/mol. The molecule has 26 heavy (non-hydrogen) atoms. The maximum Gasteiger partial charge on any atom is 0.154 e. The van der Waals surface area contributed by atoms with Crippen molar-refractivity contribution in [3.05, 3.63) is 53.5 Å². The summed E-state index contributed by atoms with van der Waals surface area (Å²) in [5, 5.41) is 13.3. The van der Waals surface area contributed by atoms with Gasteiger partial charge in [-0.15, -0.1) is 0 Å². The SMILES string of the molecule is C[C@H](Cc1ccccc1)Nc1ncnc2c(C#N)c3n(c12)CCCCC3. The van der Waals surface area contributed by atoms with Gasteiger partial charge in [0.05, 0.1) is 5.56 Å². The lowest BCUT2D eigenvalue weighted by atomic mass is 10.1. The first kappa shape index (κ1) is 16.6. The third-order valence-corrected chi connectivity index (χ3v) is 5.12. The van der Waals surface area contributed by atoms with Crippen LogP contribution in [0.15, 0.2) is 36.7 Å². The summed E-state index contributed by atoms with van der Waals surface area (Å²) in [7, 11) is 0. The predicted octanol–water partition coefficient (Wildman–Crippen LogP) is 4.07. The molecule has 132 valence electrons. The monoisotopic (exact) mass is 345 g/mol. The summed E-state index contributed by atoms with van der Waals surface area (Å²) in [5.41, 5.74) is 4.92. The Morgan fingerprint density at radius 3 is 2.85 bits per heavy atom. The van der Waals surface area contributed by atoms with Crippen LogP contribution >= 0.6 is 0 Å². The van der Waals surface area contributed by atoms with Crippen molar-refractivity contribution in [2.24, 2.45) is 0 Å². The first-order valence-electron chi connectivity index (χ1n) is 9.34. The maximum atomic E-state index is 9.70. The summed E-state index contributed by atoms with van der Waals surface area (Å²) in [5.74, 6) is 0.836. The lowest BCUT2D eigenvalue weighted by Crippen LogP contribution is -2.19. The molecule has 0 unspecified atom stereocenters. The molecule has 2 aromatic heterocycles. The molecule has 0 radical (unpaired) electrons. The van der Waals surface area contributed by atoms with Gasteiger partial charge in [0, 0.05) is 18.3 Å². The third-order valence-electron chi connectivity index (χ3n) is 5.12. The van der Waals surface area contributed by atoms with Gasteiger partial charge < -0.3 is 9.88 Å². The van der Waals surface area contributed by atoms with E-state index in [4.69, 9.17) is 0 Å². The van der Waals surface area contributed by atoms with Crippen LogP contribution in [0.2, 0.25) is 0 Å². The van der Waals surface area contributed by atoms with E-state index in [0.29, 0.717) is 0 Å². The van der Waals surface area contributed by atoms with Crippen molar-refractivity contribution in [1.82, 2.24) is 14.5 Å². The normalized spacial score (nSPS) is 15.1. The van der Waals surface area contributed by atoms with Crippen LogP contribution in [0.25, 0.3) is 11.0 Å². The highest BCUT2D eigenvalue weighted by molar-refractivity contribution is 5.92. The summed E-state index contributed by atoms with van der Waals surface area (Å²) < 4.78 is 2.28. The highest BCUT2D eigenvalue weighted by atomic mass is 15.1. The van der Waals surface area contributed by atoms with Gasteiger partial charge in [0.2, 0.25) is 0 Å². The molecule has 1 N–H and O–H groups in total. The van der Waals surface area contributed by atoms with Gasteiger partial charge in [0.25, 0.3) is 0 Å². The van der Waals surface area contributed by atoms with Gasteiger partial charge >= 0.3 is 0 Å². The Labute approximate surface area is 153 Å². The second-order valence-electron chi connectivity index (χ2n) is 7.05. The zero-order chi connectivity index (χ0) is 17.9. The number of nitriles is 1. The van der Waals surface area contributed by atoms with Crippen LogP contribution < -0.4 is 5.32 Å². The second kappa shape index (κ2) is 7.17. The number of aryl methyl sites for hydroxylation is 1. The average Bonchev–Trinajstić information content (AvgIpc) is 2.79. The molecule has 0 saturated carbocycles. The number of anilines is 1. The summed E-state index contributed by atoms with van der Waals surface area (Å²) in [6.07, 6.45) is 6.90. The Morgan fingerprint density at radius 2 is 2.04 bits per heavy atom. The smallest absolute Gasteiger partial charge is 0.154 e. The van der Waals surface area contributed by atoms with Crippen molar-refractivity contribution >= 4 is 16.9 Å². The molecule has 3 aromatic rings.